The third kappa shape index (κ3) is 3.11. The van der Waals surface area contributed by atoms with Crippen molar-refractivity contribution >= 4 is 33.2 Å². The summed E-state index contributed by atoms with van der Waals surface area (Å²) in [6.07, 6.45) is 0.391. The number of rotatable bonds is 3. The molecule has 0 amide bonds. The van der Waals surface area contributed by atoms with E-state index in [-0.39, 0.29) is 11.6 Å². The maximum absolute atomic E-state index is 15.3. The minimum atomic E-state index is -0.302. The van der Waals surface area contributed by atoms with Gasteiger partial charge in [-0.05, 0) is 47.0 Å². The Morgan fingerprint density at radius 1 is 1.08 bits per heavy atom. The molecule has 0 saturated heterocycles. The first kappa shape index (κ1) is 16.1. The van der Waals surface area contributed by atoms with Crippen molar-refractivity contribution in [1.82, 2.24) is 4.98 Å². The lowest BCUT2D eigenvalue weighted by Crippen LogP contribution is -1.97. The SMILES string of the molecule is Oc1cccc(Cc2cc3scnc3c(-c3cccc(Cl)c3)c2F)c1. The first-order chi connectivity index (χ1) is 12.1. The number of nitrogens with zero attached hydrogens (tertiary/aromatic N) is 1. The molecule has 1 aromatic heterocycles. The Bertz CT molecular complexity index is 1080. The highest BCUT2D eigenvalue weighted by Crippen LogP contribution is 2.36. The molecule has 2 nitrogen and oxygen atoms in total. The van der Waals surface area contributed by atoms with Crippen molar-refractivity contribution in [3.05, 3.63) is 82.1 Å². The van der Waals surface area contributed by atoms with Crippen LogP contribution in [-0.2, 0) is 6.42 Å². The molecule has 5 heteroatoms. The zero-order valence-corrected chi connectivity index (χ0v) is 14.6. The van der Waals surface area contributed by atoms with Crippen LogP contribution in [0.5, 0.6) is 5.75 Å². The predicted molar refractivity (Wildman–Crippen MR) is 101 cm³/mol. The van der Waals surface area contributed by atoms with E-state index >= 15 is 4.39 Å². The van der Waals surface area contributed by atoms with E-state index in [9.17, 15) is 5.11 Å². The van der Waals surface area contributed by atoms with Gasteiger partial charge in [0.25, 0.3) is 0 Å². The molecule has 0 fully saturated rings. The number of fused-ring (bicyclic) bond motifs is 1. The molecule has 0 unspecified atom stereocenters. The van der Waals surface area contributed by atoms with Crippen molar-refractivity contribution < 1.29 is 9.50 Å². The zero-order valence-electron chi connectivity index (χ0n) is 13.0. The van der Waals surface area contributed by atoms with E-state index in [1.54, 1.807) is 41.9 Å². The Labute approximate surface area is 153 Å². The molecule has 0 aliphatic heterocycles. The average Bonchev–Trinajstić information content (AvgIpc) is 3.03. The van der Waals surface area contributed by atoms with Gasteiger partial charge in [0.15, 0.2) is 0 Å². The van der Waals surface area contributed by atoms with Gasteiger partial charge in [0.1, 0.15) is 11.6 Å². The second-order valence-corrected chi connectivity index (χ2v) is 7.10. The monoisotopic (exact) mass is 369 g/mol. The maximum Gasteiger partial charge on any atom is 0.136 e. The van der Waals surface area contributed by atoms with E-state index in [1.165, 1.54) is 11.3 Å². The fraction of sp³-hybridized carbons (Fsp3) is 0.0500. The summed E-state index contributed by atoms with van der Waals surface area (Å²) in [5, 5.41) is 10.2. The summed E-state index contributed by atoms with van der Waals surface area (Å²) in [4.78, 5) is 4.34. The van der Waals surface area contributed by atoms with Crippen molar-refractivity contribution in [2.45, 2.75) is 6.42 Å². The van der Waals surface area contributed by atoms with Crippen LogP contribution < -0.4 is 0 Å². The Hall–Kier alpha value is -2.43. The fourth-order valence-electron chi connectivity index (χ4n) is 2.95. The van der Waals surface area contributed by atoms with Gasteiger partial charge in [0, 0.05) is 17.0 Å². The number of aromatic nitrogens is 1. The van der Waals surface area contributed by atoms with Gasteiger partial charge in [0.2, 0.25) is 0 Å². The molecule has 0 atom stereocenters. The topological polar surface area (TPSA) is 33.1 Å². The summed E-state index contributed by atoms with van der Waals surface area (Å²) >= 11 is 7.57. The smallest absolute Gasteiger partial charge is 0.136 e. The van der Waals surface area contributed by atoms with Crippen LogP contribution in [-0.4, -0.2) is 10.1 Å². The van der Waals surface area contributed by atoms with Gasteiger partial charge in [-0.2, -0.15) is 0 Å². The molecule has 1 N–H and O–H groups in total. The summed E-state index contributed by atoms with van der Waals surface area (Å²) in [7, 11) is 0. The molecular weight excluding hydrogens is 357 g/mol. The second-order valence-electron chi connectivity index (χ2n) is 5.78. The molecule has 25 heavy (non-hydrogen) atoms. The highest BCUT2D eigenvalue weighted by molar-refractivity contribution is 7.16. The van der Waals surface area contributed by atoms with Gasteiger partial charge in [-0.1, -0.05) is 35.9 Å². The van der Waals surface area contributed by atoms with Crippen LogP contribution in [0.2, 0.25) is 5.02 Å². The molecule has 0 spiro atoms. The quantitative estimate of drug-likeness (QED) is 0.476. The number of thiazole rings is 1. The third-order valence-corrected chi connectivity index (χ3v) is 5.07. The largest absolute Gasteiger partial charge is 0.508 e. The van der Waals surface area contributed by atoms with Crippen LogP contribution in [0, 0.1) is 5.82 Å². The fourth-order valence-corrected chi connectivity index (χ4v) is 3.89. The summed E-state index contributed by atoms with van der Waals surface area (Å²) in [6, 6.07) is 15.9. The lowest BCUT2D eigenvalue weighted by molar-refractivity contribution is 0.474. The average molecular weight is 370 g/mol. The van der Waals surface area contributed by atoms with Crippen LogP contribution in [0.4, 0.5) is 4.39 Å². The van der Waals surface area contributed by atoms with Gasteiger partial charge in [-0.15, -0.1) is 11.3 Å². The van der Waals surface area contributed by atoms with E-state index in [4.69, 9.17) is 11.6 Å². The second kappa shape index (κ2) is 6.47. The van der Waals surface area contributed by atoms with Crippen LogP contribution in [0.1, 0.15) is 11.1 Å². The van der Waals surface area contributed by atoms with E-state index < -0.39 is 0 Å². The Morgan fingerprint density at radius 2 is 1.92 bits per heavy atom. The van der Waals surface area contributed by atoms with Crippen molar-refractivity contribution in [2.75, 3.05) is 0 Å². The van der Waals surface area contributed by atoms with Crippen LogP contribution >= 0.6 is 22.9 Å². The zero-order chi connectivity index (χ0) is 17.4. The van der Waals surface area contributed by atoms with Gasteiger partial charge in [0.05, 0.1) is 15.7 Å². The van der Waals surface area contributed by atoms with Gasteiger partial charge >= 0.3 is 0 Å². The summed E-state index contributed by atoms with van der Waals surface area (Å²) in [6.45, 7) is 0. The number of hydrogen-bond donors (Lipinski definition) is 1. The summed E-state index contributed by atoms with van der Waals surface area (Å²) in [5.74, 6) is -0.129. The lowest BCUT2D eigenvalue weighted by atomic mass is 9.97. The van der Waals surface area contributed by atoms with Crippen molar-refractivity contribution in [2.24, 2.45) is 0 Å². The molecule has 0 aliphatic rings. The Balaban J connectivity index is 1.90. The Kier molecular flexibility index (Phi) is 4.15. The highest BCUT2D eigenvalue weighted by atomic mass is 35.5. The molecule has 4 aromatic rings. The maximum atomic E-state index is 15.3. The molecule has 1 heterocycles. The van der Waals surface area contributed by atoms with Crippen LogP contribution in [0.3, 0.4) is 0 Å². The van der Waals surface area contributed by atoms with E-state index in [2.05, 4.69) is 4.98 Å². The van der Waals surface area contributed by atoms with Crippen molar-refractivity contribution in [1.29, 1.82) is 0 Å². The third-order valence-electron chi connectivity index (χ3n) is 4.06. The van der Waals surface area contributed by atoms with Gasteiger partial charge in [-0.3, -0.25) is 0 Å². The minimum Gasteiger partial charge on any atom is -0.508 e. The molecule has 3 aromatic carbocycles. The van der Waals surface area contributed by atoms with Crippen molar-refractivity contribution in [3.63, 3.8) is 0 Å². The lowest BCUT2D eigenvalue weighted by Gasteiger charge is -2.11. The highest BCUT2D eigenvalue weighted by Gasteiger charge is 2.18. The van der Waals surface area contributed by atoms with Gasteiger partial charge in [-0.25, -0.2) is 9.37 Å². The number of phenols is 1. The van der Waals surface area contributed by atoms with E-state index in [0.29, 0.717) is 33.7 Å². The van der Waals surface area contributed by atoms with E-state index in [0.717, 1.165) is 10.3 Å². The van der Waals surface area contributed by atoms with Crippen LogP contribution in [0.25, 0.3) is 21.3 Å². The van der Waals surface area contributed by atoms with Crippen LogP contribution in [0.15, 0.2) is 60.1 Å². The standard InChI is InChI=1S/C20H13ClFNOS/c21-15-5-2-4-13(9-15)18-19(22)14(10-17-20(18)23-11-25-17)7-12-3-1-6-16(24)8-12/h1-6,8-11,24H,7H2. The number of aromatic hydroxyl groups is 1. The number of halogens is 2. The van der Waals surface area contributed by atoms with Crippen molar-refractivity contribution in [3.8, 4) is 16.9 Å². The normalized spacial score (nSPS) is 11.1. The predicted octanol–water partition coefficient (Wildman–Crippen LogP) is 6.05. The number of benzene rings is 3. The molecule has 124 valence electrons. The molecule has 0 saturated carbocycles. The summed E-state index contributed by atoms with van der Waals surface area (Å²) < 4.78 is 16.3. The molecular formula is C20H13ClFNOS. The first-order valence-electron chi connectivity index (χ1n) is 7.70. The minimum absolute atomic E-state index is 0.173. The first-order valence-corrected chi connectivity index (χ1v) is 8.96. The molecule has 4 rings (SSSR count). The molecule has 0 aliphatic carbocycles. The summed E-state index contributed by atoms with van der Waals surface area (Å²) in [5.41, 5.74) is 4.95. The molecule has 0 bridgehead atoms. The Morgan fingerprint density at radius 3 is 2.72 bits per heavy atom. The molecule has 0 radical (unpaired) electrons. The number of phenolic OH excluding ortho intramolecular Hbond substituents is 1. The van der Waals surface area contributed by atoms with E-state index in [1.807, 2.05) is 18.2 Å². The number of hydrogen-bond acceptors (Lipinski definition) is 3. The van der Waals surface area contributed by atoms with Gasteiger partial charge < -0.3 is 5.11 Å².